The van der Waals surface area contributed by atoms with Gasteiger partial charge >= 0.3 is 0 Å². The minimum atomic E-state index is -2.08. The van der Waals surface area contributed by atoms with Crippen LogP contribution in [0.2, 0.25) is 28.2 Å². The first kappa shape index (κ1) is 19.3. The van der Waals surface area contributed by atoms with Gasteiger partial charge in [-0.3, -0.25) is 4.79 Å². The molecule has 26 heavy (non-hydrogen) atoms. The molecule has 0 radical (unpaired) electrons. The summed E-state index contributed by atoms with van der Waals surface area (Å²) < 4.78 is 12.3. The van der Waals surface area contributed by atoms with Crippen molar-refractivity contribution >= 4 is 53.5 Å². The van der Waals surface area contributed by atoms with Crippen molar-refractivity contribution in [3.63, 3.8) is 0 Å². The first-order valence-electron chi connectivity index (χ1n) is 8.47. The van der Waals surface area contributed by atoms with Gasteiger partial charge in [-0.15, -0.1) is 0 Å². The fourth-order valence-corrected chi connectivity index (χ4v) is 4.04. The second-order valence-corrected chi connectivity index (χ2v) is 13.6. The van der Waals surface area contributed by atoms with Crippen LogP contribution in [0.25, 0.3) is 21.9 Å². The van der Waals surface area contributed by atoms with Gasteiger partial charge in [-0.1, -0.05) is 50.0 Å². The zero-order valence-electron chi connectivity index (χ0n) is 15.8. The van der Waals surface area contributed by atoms with E-state index in [1.807, 2.05) is 13.0 Å². The van der Waals surface area contributed by atoms with E-state index >= 15 is 0 Å². The Morgan fingerprint density at radius 1 is 0.962 bits per heavy atom. The molecule has 0 amide bonds. The minimum Gasteiger partial charge on any atom is -0.542 e. The topological polar surface area (TPSA) is 39.4 Å². The van der Waals surface area contributed by atoms with Crippen LogP contribution < -0.4 is 9.85 Å². The Kier molecular flexibility index (Phi) is 4.66. The molecule has 0 spiro atoms. The molecular weight excluding hydrogens is 387 g/mol. The maximum absolute atomic E-state index is 12.9. The monoisotopic (exact) mass is 408 g/mol. The van der Waals surface area contributed by atoms with Crippen molar-refractivity contribution in [1.29, 1.82) is 0 Å². The molecule has 138 valence electrons. The van der Waals surface area contributed by atoms with Gasteiger partial charge < -0.3 is 8.84 Å². The van der Waals surface area contributed by atoms with Crippen molar-refractivity contribution in [1.82, 2.24) is 0 Å². The number of fused-ring (bicyclic) bond motifs is 2. The summed E-state index contributed by atoms with van der Waals surface area (Å²) >= 11 is 12.9. The van der Waals surface area contributed by atoms with E-state index in [0.29, 0.717) is 37.7 Å². The molecule has 0 atom stereocenters. The third-order valence-corrected chi connectivity index (χ3v) is 10.4. The van der Waals surface area contributed by atoms with Gasteiger partial charge in [0.15, 0.2) is 11.2 Å². The van der Waals surface area contributed by atoms with Gasteiger partial charge in [0.05, 0.1) is 15.8 Å². The molecule has 0 saturated heterocycles. The quantitative estimate of drug-likeness (QED) is 0.340. The van der Waals surface area contributed by atoms with E-state index in [1.165, 1.54) is 0 Å². The molecule has 6 heteroatoms. The summed E-state index contributed by atoms with van der Waals surface area (Å²) in [5, 5.41) is 1.63. The highest BCUT2D eigenvalue weighted by molar-refractivity contribution is 6.74. The molecule has 0 saturated carbocycles. The summed E-state index contributed by atoms with van der Waals surface area (Å²) in [4.78, 5) is 12.9. The lowest BCUT2D eigenvalue weighted by molar-refractivity contribution is 0.492. The standard InChI is InChI=1S/C20H22Cl2O3Si/c1-11-7-8-12-17(23)13-9-10-14(25-26(5,6)20(2,3)4)16(22)19(13)24-18(12)15(11)21/h7-10H,1-6H3. The maximum Gasteiger partial charge on any atom is 0.250 e. The van der Waals surface area contributed by atoms with Gasteiger partial charge in [-0.05, 0) is 48.8 Å². The van der Waals surface area contributed by atoms with Crippen LogP contribution in [0, 0.1) is 6.92 Å². The highest BCUT2D eigenvalue weighted by Crippen LogP contribution is 2.41. The highest BCUT2D eigenvalue weighted by atomic mass is 35.5. The lowest BCUT2D eigenvalue weighted by atomic mass is 10.1. The van der Waals surface area contributed by atoms with Crippen LogP contribution in [0.15, 0.2) is 33.5 Å². The van der Waals surface area contributed by atoms with Crippen molar-refractivity contribution in [2.24, 2.45) is 0 Å². The Morgan fingerprint density at radius 2 is 1.50 bits per heavy atom. The van der Waals surface area contributed by atoms with Crippen LogP contribution >= 0.6 is 23.2 Å². The smallest absolute Gasteiger partial charge is 0.250 e. The van der Waals surface area contributed by atoms with Crippen LogP contribution in [0.5, 0.6) is 5.75 Å². The number of hydrogen-bond acceptors (Lipinski definition) is 3. The van der Waals surface area contributed by atoms with Crippen molar-refractivity contribution in [3.05, 3.63) is 50.1 Å². The van der Waals surface area contributed by atoms with E-state index in [0.717, 1.165) is 5.56 Å². The molecule has 2 aromatic carbocycles. The summed E-state index contributed by atoms with van der Waals surface area (Å²) in [6.07, 6.45) is 0. The number of halogens is 2. The number of rotatable bonds is 2. The van der Waals surface area contributed by atoms with Gasteiger partial charge in [-0.25, -0.2) is 0 Å². The van der Waals surface area contributed by atoms with Gasteiger partial charge in [0.25, 0.3) is 8.32 Å². The normalized spacial score (nSPS) is 12.8. The summed E-state index contributed by atoms with van der Waals surface area (Å²) in [5.41, 5.74) is 1.36. The second kappa shape index (κ2) is 6.29. The average Bonchev–Trinajstić information content (AvgIpc) is 2.53. The van der Waals surface area contributed by atoms with Crippen molar-refractivity contribution < 1.29 is 8.84 Å². The Morgan fingerprint density at radius 3 is 2.08 bits per heavy atom. The molecule has 0 bridgehead atoms. The Bertz CT molecular complexity index is 1080. The first-order chi connectivity index (χ1) is 11.9. The average molecular weight is 409 g/mol. The fourth-order valence-electron chi connectivity index (χ4n) is 2.50. The van der Waals surface area contributed by atoms with E-state index in [2.05, 4.69) is 33.9 Å². The molecule has 3 aromatic rings. The predicted octanol–water partition coefficient (Wildman–Crippen LogP) is 6.95. The van der Waals surface area contributed by atoms with E-state index in [4.69, 9.17) is 32.0 Å². The molecule has 0 unspecified atom stereocenters. The molecule has 0 aliphatic heterocycles. The molecule has 1 aromatic heterocycles. The van der Waals surface area contributed by atoms with Crippen LogP contribution in [-0.4, -0.2) is 8.32 Å². The zero-order valence-corrected chi connectivity index (χ0v) is 18.3. The molecule has 1 heterocycles. The number of benzene rings is 2. The van der Waals surface area contributed by atoms with Gasteiger partial charge in [-0.2, -0.15) is 0 Å². The van der Waals surface area contributed by atoms with Crippen LogP contribution in [-0.2, 0) is 0 Å². The van der Waals surface area contributed by atoms with Crippen LogP contribution in [0.1, 0.15) is 26.3 Å². The lowest BCUT2D eigenvalue weighted by Gasteiger charge is -2.36. The van der Waals surface area contributed by atoms with E-state index in [-0.39, 0.29) is 10.5 Å². The number of aryl methyl sites for hydroxylation is 1. The maximum atomic E-state index is 12.9. The number of hydrogen-bond donors (Lipinski definition) is 0. The molecule has 0 N–H and O–H groups in total. The molecule has 0 fully saturated rings. The molecule has 3 nitrogen and oxygen atoms in total. The van der Waals surface area contributed by atoms with Crippen LogP contribution in [0.4, 0.5) is 0 Å². The minimum absolute atomic E-state index is 0.0237. The summed E-state index contributed by atoms with van der Waals surface area (Å²) in [5.74, 6) is 0.539. The first-order valence-corrected chi connectivity index (χ1v) is 12.1. The van der Waals surface area contributed by atoms with Crippen molar-refractivity contribution in [3.8, 4) is 5.75 Å². The molecule has 3 rings (SSSR count). The van der Waals surface area contributed by atoms with E-state index in [9.17, 15) is 4.79 Å². The van der Waals surface area contributed by atoms with Crippen molar-refractivity contribution in [2.75, 3.05) is 0 Å². The molecule has 0 aliphatic rings. The van der Waals surface area contributed by atoms with E-state index in [1.54, 1.807) is 18.2 Å². The molecular formula is C20H22Cl2O3Si. The van der Waals surface area contributed by atoms with Gasteiger partial charge in [0.1, 0.15) is 10.8 Å². The SMILES string of the molecule is Cc1ccc2c(=O)c3ccc(O[Si](C)(C)C(C)(C)C)c(Cl)c3oc2c1Cl. The zero-order chi connectivity index (χ0) is 19.4. The third-order valence-electron chi connectivity index (χ3n) is 5.22. The highest BCUT2D eigenvalue weighted by Gasteiger charge is 2.39. The van der Waals surface area contributed by atoms with E-state index < -0.39 is 8.32 Å². The Hall–Kier alpha value is -1.49. The summed E-state index contributed by atoms with van der Waals surface area (Å²) in [6, 6.07) is 7.01. The fraction of sp³-hybridized carbons (Fsp3) is 0.350. The summed E-state index contributed by atoms with van der Waals surface area (Å²) in [7, 11) is -2.08. The Balaban J connectivity index is 2.28. The third kappa shape index (κ3) is 3.04. The predicted molar refractivity (Wildman–Crippen MR) is 113 cm³/mol. The summed E-state index contributed by atoms with van der Waals surface area (Å²) in [6.45, 7) is 12.6. The second-order valence-electron chi connectivity index (χ2n) is 8.12. The van der Waals surface area contributed by atoms with Crippen LogP contribution in [0.3, 0.4) is 0 Å². The molecule has 0 aliphatic carbocycles. The van der Waals surface area contributed by atoms with Crippen molar-refractivity contribution in [2.45, 2.75) is 45.8 Å². The van der Waals surface area contributed by atoms with Gasteiger partial charge in [0, 0.05) is 0 Å². The largest absolute Gasteiger partial charge is 0.542 e. The lowest BCUT2D eigenvalue weighted by Crippen LogP contribution is -2.43. The van der Waals surface area contributed by atoms with Gasteiger partial charge in [0.2, 0.25) is 5.43 Å². The Labute approximate surface area is 164 Å².